The molecule has 0 saturated carbocycles. The summed E-state index contributed by atoms with van der Waals surface area (Å²) in [6.07, 6.45) is 4.63. The van der Waals surface area contributed by atoms with Crippen LogP contribution in [0, 0.1) is 0 Å². The first-order valence-electron chi connectivity index (χ1n) is 7.18. The molecule has 0 radical (unpaired) electrons. The molecular formula is C17H18Br2N2. The minimum atomic E-state index is 0.109. The monoisotopic (exact) mass is 408 g/mol. The van der Waals surface area contributed by atoms with E-state index >= 15 is 0 Å². The summed E-state index contributed by atoms with van der Waals surface area (Å²) in [4.78, 5) is 0. The number of halogens is 2. The van der Waals surface area contributed by atoms with E-state index in [-0.39, 0.29) is 6.04 Å². The van der Waals surface area contributed by atoms with Crippen LogP contribution in [-0.4, -0.2) is 0 Å². The lowest BCUT2D eigenvalue weighted by Crippen LogP contribution is -2.29. The van der Waals surface area contributed by atoms with Gasteiger partial charge in [0.2, 0.25) is 0 Å². The zero-order chi connectivity index (χ0) is 14.8. The van der Waals surface area contributed by atoms with Crippen molar-refractivity contribution in [3.63, 3.8) is 0 Å². The van der Waals surface area contributed by atoms with Crippen LogP contribution in [-0.2, 0) is 19.3 Å². The lowest BCUT2D eigenvalue weighted by molar-refractivity contribution is 0.551. The summed E-state index contributed by atoms with van der Waals surface area (Å²) in [5, 5.41) is 0. The van der Waals surface area contributed by atoms with Gasteiger partial charge >= 0.3 is 0 Å². The SMILES string of the molecule is NNC(Cc1ccc2c(c1)CCC2)c1cc(Br)cc(Br)c1. The van der Waals surface area contributed by atoms with Crippen LogP contribution < -0.4 is 11.3 Å². The molecule has 110 valence electrons. The molecule has 4 heteroatoms. The Balaban J connectivity index is 1.84. The first-order valence-corrected chi connectivity index (χ1v) is 8.77. The van der Waals surface area contributed by atoms with Crippen LogP contribution in [0.25, 0.3) is 0 Å². The fourth-order valence-corrected chi connectivity index (χ4v) is 4.37. The number of benzene rings is 2. The van der Waals surface area contributed by atoms with Gasteiger partial charge in [0.15, 0.2) is 0 Å². The summed E-state index contributed by atoms with van der Waals surface area (Å²) in [6, 6.07) is 13.2. The lowest BCUT2D eigenvalue weighted by atomic mass is 9.97. The molecule has 0 spiro atoms. The molecule has 2 nitrogen and oxygen atoms in total. The molecule has 0 aliphatic heterocycles. The van der Waals surface area contributed by atoms with E-state index in [4.69, 9.17) is 5.84 Å². The molecule has 0 aromatic heterocycles. The van der Waals surface area contributed by atoms with Crippen LogP contribution >= 0.6 is 31.9 Å². The number of hydrogen-bond acceptors (Lipinski definition) is 2. The summed E-state index contributed by atoms with van der Waals surface area (Å²) in [7, 11) is 0. The average molecular weight is 410 g/mol. The van der Waals surface area contributed by atoms with E-state index in [0.717, 1.165) is 15.4 Å². The van der Waals surface area contributed by atoms with E-state index in [1.807, 2.05) is 6.07 Å². The number of fused-ring (bicyclic) bond motifs is 1. The van der Waals surface area contributed by atoms with Crippen molar-refractivity contribution in [3.05, 3.63) is 67.6 Å². The minimum absolute atomic E-state index is 0.109. The maximum atomic E-state index is 5.78. The van der Waals surface area contributed by atoms with Gasteiger partial charge in [-0.15, -0.1) is 0 Å². The fraction of sp³-hybridized carbons (Fsp3) is 0.294. The third kappa shape index (κ3) is 3.57. The smallest absolute Gasteiger partial charge is 0.0501 e. The number of nitrogens with two attached hydrogens (primary N) is 1. The molecule has 0 bridgehead atoms. The molecule has 1 atom stereocenters. The molecule has 1 aliphatic carbocycles. The summed E-state index contributed by atoms with van der Waals surface area (Å²) in [6.45, 7) is 0. The Morgan fingerprint density at radius 1 is 1.00 bits per heavy atom. The van der Waals surface area contributed by atoms with Crippen molar-refractivity contribution in [1.82, 2.24) is 5.43 Å². The van der Waals surface area contributed by atoms with Crippen molar-refractivity contribution in [3.8, 4) is 0 Å². The Hall–Kier alpha value is -0.680. The highest BCUT2D eigenvalue weighted by Gasteiger charge is 2.15. The van der Waals surface area contributed by atoms with Crippen LogP contribution in [0.4, 0.5) is 0 Å². The predicted octanol–water partition coefficient (Wildman–Crippen LogP) is 4.45. The van der Waals surface area contributed by atoms with Crippen molar-refractivity contribution < 1.29 is 0 Å². The van der Waals surface area contributed by atoms with Gasteiger partial charge in [-0.1, -0.05) is 50.1 Å². The average Bonchev–Trinajstić information content (AvgIpc) is 2.91. The molecule has 2 aromatic carbocycles. The highest BCUT2D eigenvalue weighted by atomic mass is 79.9. The Bertz CT molecular complexity index is 635. The van der Waals surface area contributed by atoms with Crippen molar-refractivity contribution in [2.75, 3.05) is 0 Å². The number of aryl methyl sites for hydroxylation is 2. The molecule has 1 unspecified atom stereocenters. The maximum absolute atomic E-state index is 5.78. The molecule has 2 aromatic rings. The van der Waals surface area contributed by atoms with E-state index in [0.29, 0.717) is 0 Å². The number of nitrogens with one attached hydrogen (secondary N) is 1. The van der Waals surface area contributed by atoms with Gasteiger partial charge in [0.1, 0.15) is 0 Å². The van der Waals surface area contributed by atoms with Gasteiger partial charge in [-0.2, -0.15) is 0 Å². The van der Waals surface area contributed by atoms with E-state index in [1.54, 1.807) is 0 Å². The van der Waals surface area contributed by atoms with E-state index in [2.05, 4.69) is 67.6 Å². The minimum Gasteiger partial charge on any atom is -0.271 e. The normalized spacial score (nSPS) is 15.0. The number of hydrazine groups is 1. The fourth-order valence-electron chi connectivity index (χ4n) is 3.04. The summed E-state index contributed by atoms with van der Waals surface area (Å²) < 4.78 is 2.11. The first kappa shape index (κ1) is 15.2. The van der Waals surface area contributed by atoms with Crippen LogP contribution in [0.2, 0.25) is 0 Å². The largest absolute Gasteiger partial charge is 0.271 e. The Morgan fingerprint density at radius 3 is 2.43 bits per heavy atom. The van der Waals surface area contributed by atoms with Gasteiger partial charge in [0.25, 0.3) is 0 Å². The molecule has 3 N–H and O–H groups in total. The Kier molecular flexibility index (Phi) is 4.79. The summed E-state index contributed by atoms with van der Waals surface area (Å²) in [5.41, 5.74) is 8.50. The third-order valence-electron chi connectivity index (χ3n) is 4.09. The molecule has 3 rings (SSSR count). The molecule has 0 saturated heterocycles. The van der Waals surface area contributed by atoms with E-state index < -0.39 is 0 Å². The molecule has 0 amide bonds. The molecule has 21 heavy (non-hydrogen) atoms. The third-order valence-corrected chi connectivity index (χ3v) is 5.01. The standard InChI is InChI=1S/C17H18Br2N2/c18-15-8-14(9-16(19)10-15)17(21-20)7-11-4-5-12-2-1-3-13(12)6-11/h4-6,8-10,17,21H,1-3,7,20H2. The van der Waals surface area contributed by atoms with Crippen molar-refractivity contribution in [2.45, 2.75) is 31.7 Å². The van der Waals surface area contributed by atoms with Crippen LogP contribution in [0.1, 0.15) is 34.7 Å². The van der Waals surface area contributed by atoms with Gasteiger partial charge in [-0.3, -0.25) is 11.3 Å². The highest BCUT2D eigenvalue weighted by Crippen LogP contribution is 2.28. The van der Waals surface area contributed by atoms with Gasteiger partial charge < -0.3 is 0 Å². The van der Waals surface area contributed by atoms with Crippen LogP contribution in [0.5, 0.6) is 0 Å². The van der Waals surface area contributed by atoms with E-state index in [9.17, 15) is 0 Å². The Labute approximate surface area is 142 Å². The molecule has 0 fully saturated rings. The maximum Gasteiger partial charge on any atom is 0.0501 e. The Morgan fingerprint density at radius 2 is 1.71 bits per heavy atom. The predicted molar refractivity (Wildman–Crippen MR) is 94.1 cm³/mol. The highest BCUT2D eigenvalue weighted by molar-refractivity contribution is 9.11. The van der Waals surface area contributed by atoms with Gasteiger partial charge in [0.05, 0.1) is 6.04 Å². The second-order valence-corrected chi connectivity index (χ2v) is 7.41. The van der Waals surface area contributed by atoms with Gasteiger partial charge in [-0.25, -0.2) is 0 Å². The van der Waals surface area contributed by atoms with Crippen LogP contribution in [0.3, 0.4) is 0 Å². The number of rotatable bonds is 4. The second-order valence-electron chi connectivity index (χ2n) is 5.58. The summed E-state index contributed by atoms with van der Waals surface area (Å²) >= 11 is 7.08. The zero-order valence-corrected chi connectivity index (χ0v) is 14.9. The lowest BCUT2D eigenvalue weighted by Gasteiger charge is -2.18. The van der Waals surface area contributed by atoms with Gasteiger partial charge in [-0.05, 0) is 66.1 Å². The zero-order valence-electron chi connectivity index (χ0n) is 11.7. The molecule has 0 heterocycles. The topological polar surface area (TPSA) is 38.0 Å². The quantitative estimate of drug-likeness (QED) is 0.578. The van der Waals surface area contributed by atoms with Gasteiger partial charge in [0, 0.05) is 8.95 Å². The number of hydrogen-bond donors (Lipinski definition) is 2. The summed E-state index contributed by atoms with van der Waals surface area (Å²) in [5.74, 6) is 5.78. The van der Waals surface area contributed by atoms with Crippen LogP contribution in [0.15, 0.2) is 45.3 Å². The van der Waals surface area contributed by atoms with Crippen molar-refractivity contribution in [2.24, 2.45) is 5.84 Å². The second kappa shape index (κ2) is 6.61. The molecular weight excluding hydrogens is 392 g/mol. The van der Waals surface area contributed by atoms with Crippen molar-refractivity contribution >= 4 is 31.9 Å². The molecule has 1 aliphatic rings. The van der Waals surface area contributed by atoms with E-state index in [1.165, 1.54) is 41.5 Å². The van der Waals surface area contributed by atoms with Crippen molar-refractivity contribution in [1.29, 1.82) is 0 Å². The first-order chi connectivity index (χ1) is 10.2.